The number of aryl methyl sites for hydroxylation is 2. The van der Waals surface area contributed by atoms with E-state index in [1.165, 1.54) is 42.6 Å². The van der Waals surface area contributed by atoms with E-state index in [1.807, 2.05) is 0 Å². The molecule has 0 radical (unpaired) electrons. The normalized spacial score (nSPS) is 18.8. The van der Waals surface area contributed by atoms with Crippen LogP contribution in [0.5, 0.6) is 0 Å². The first-order valence-corrected chi connectivity index (χ1v) is 7.93. The fraction of sp³-hybridized carbons (Fsp3) is 0.750. The maximum atomic E-state index is 4.84. The van der Waals surface area contributed by atoms with Crippen molar-refractivity contribution in [3.8, 4) is 0 Å². The zero-order valence-electron chi connectivity index (χ0n) is 12.2. The molecule has 1 aromatic rings. The average molecular weight is 259 g/mol. The van der Waals surface area contributed by atoms with Crippen LogP contribution in [0.1, 0.15) is 68.2 Å². The van der Waals surface area contributed by atoms with Gasteiger partial charge in [0, 0.05) is 23.3 Å². The zero-order valence-corrected chi connectivity index (χ0v) is 12.2. The van der Waals surface area contributed by atoms with Gasteiger partial charge in [-0.25, -0.2) is 9.97 Å². The van der Waals surface area contributed by atoms with Gasteiger partial charge in [-0.3, -0.25) is 0 Å². The lowest BCUT2D eigenvalue weighted by molar-refractivity contribution is 0.668. The lowest BCUT2D eigenvalue weighted by Gasteiger charge is -2.14. The predicted molar refractivity (Wildman–Crippen MR) is 77.5 cm³/mol. The minimum Gasteiger partial charge on any atom is -0.314 e. The lowest BCUT2D eigenvalue weighted by Crippen LogP contribution is -2.21. The summed E-state index contributed by atoms with van der Waals surface area (Å²) in [6.07, 6.45) is 8.45. The van der Waals surface area contributed by atoms with Crippen LogP contribution < -0.4 is 5.32 Å². The van der Waals surface area contributed by atoms with E-state index in [0.29, 0.717) is 5.92 Å². The van der Waals surface area contributed by atoms with Gasteiger partial charge in [0.15, 0.2) is 0 Å². The van der Waals surface area contributed by atoms with Gasteiger partial charge in [0.2, 0.25) is 0 Å². The molecule has 2 saturated carbocycles. The van der Waals surface area contributed by atoms with Gasteiger partial charge in [-0.1, -0.05) is 13.8 Å². The maximum Gasteiger partial charge on any atom is 0.131 e. The summed E-state index contributed by atoms with van der Waals surface area (Å²) >= 11 is 0. The molecule has 1 N–H and O–H groups in total. The van der Waals surface area contributed by atoms with Crippen molar-refractivity contribution in [2.75, 3.05) is 6.54 Å². The second-order valence-electron chi connectivity index (χ2n) is 5.91. The Balaban J connectivity index is 1.77. The quantitative estimate of drug-likeness (QED) is 0.818. The third-order valence-electron chi connectivity index (χ3n) is 4.19. The monoisotopic (exact) mass is 259 g/mol. The molecule has 19 heavy (non-hydrogen) atoms. The molecular formula is C16H25N3. The topological polar surface area (TPSA) is 37.8 Å². The van der Waals surface area contributed by atoms with E-state index < -0.39 is 0 Å². The first kappa shape index (κ1) is 13.0. The minimum atomic E-state index is 0.661. The Bertz CT molecular complexity index is 422. The third kappa shape index (κ3) is 3.14. The van der Waals surface area contributed by atoms with Crippen LogP contribution in [0.4, 0.5) is 0 Å². The fourth-order valence-corrected chi connectivity index (χ4v) is 2.69. The summed E-state index contributed by atoms with van der Waals surface area (Å²) in [6.45, 7) is 5.52. The molecule has 3 heteroatoms. The summed E-state index contributed by atoms with van der Waals surface area (Å²) in [6, 6.07) is 0.793. The van der Waals surface area contributed by atoms with E-state index in [1.54, 1.807) is 0 Å². The van der Waals surface area contributed by atoms with Gasteiger partial charge in [0.05, 0.1) is 0 Å². The van der Waals surface area contributed by atoms with Gasteiger partial charge in [0.1, 0.15) is 5.82 Å². The molecule has 0 aromatic carbocycles. The third-order valence-corrected chi connectivity index (χ3v) is 4.19. The highest BCUT2D eigenvalue weighted by Gasteiger charge is 2.28. The summed E-state index contributed by atoms with van der Waals surface area (Å²) in [5.74, 6) is 1.78. The van der Waals surface area contributed by atoms with Crippen LogP contribution in [0.15, 0.2) is 0 Å². The number of aromatic nitrogens is 2. The molecule has 0 amide bonds. The second kappa shape index (κ2) is 5.58. The molecule has 0 bridgehead atoms. The van der Waals surface area contributed by atoms with Crippen molar-refractivity contribution in [2.45, 2.75) is 70.8 Å². The molecule has 3 nitrogen and oxygen atoms in total. The fourth-order valence-electron chi connectivity index (χ4n) is 2.69. The smallest absolute Gasteiger partial charge is 0.131 e. The molecule has 2 aliphatic rings. The Hall–Kier alpha value is -0.960. The molecular weight excluding hydrogens is 234 g/mol. The van der Waals surface area contributed by atoms with Gasteiger partial charge in [0.25, 0.3) is 0 Å². The number of hydrogen-bond donors (Lipinski definition) is 1. The highest BCUT2D eigenvalue weighted by Crippen LogP contribution is 2.38. The average Bonchev–Trinajstić information content (AvgIpc) is 3.29. The lowest BCUT2D eigenvalue weighted by atomic mass is 10.0. The summed E-state index contributed by atoms with van der Waals surface area (Å²) in [4.78, 5) is 9.67. The van der Waals surface area contributed by atoms with Gasteiger partial charge in [-0.15, -0.1) is 0 Å². The van der Waals surface area contributed by atoms with E-state index in [4.69, 9.17) is 9.97 Å². The van der Waals surface area contributed by atoms with Crippen molar-refractivity contribution in [1.82, 2.24) is 15.3 Å². The molecule has 0 unspecified atom stereocenters. The van der Waals surface area contributed by atoms with E-state index in [-0.39, 0.29) is 0 Å². The SMILES string of the molecule is CCc1nc(C2CC2)nc(CC)c1CCNC1CC1. The van der Waals surface area contributed by atoms with Crippen LogP contribution in [0.3, 0.4) is 0 Å². The zero-order chi connectivity index (χ0) is 13.2. The van der Waals surface area contributed by atoms with Crippen LogP contribution in [0, 0.1) is 0 Å². The number of nitrogens with zero attached hydrogens (tertiary/aromatic N) is 2. The summed E-state index contributed by atoms with van der Waals surface area (Å²) in [5, 5.41) is 3.60. The standard InChI is InChI=1S/C16H25N3/c1-3-14-13(9-10-17-12-7-8-12)15(4-2)19-16(18-14)11-5-6-11/h11-12,17H,3-10H2,1-2H3. The van der Waals surface area contributed by atoms with Crippen LogP contribution in [-0.4, -0.2) is 22.6 Å². The Kier molecular flexibility index (Phi) is 3.83. The Morgan fingerprint density at radius 2 is 1.63 bits per heavy atom. The predicted octanol–water partition coefficient (Wildman–Crippen LogP) is 2.77. The molecule has 0 atom stereocenters. The first-order chi connectivity index (χ1) is 9.31. The van der Waals surface area contributed by atoms with E-state index in [0.717, 1.165) is 37.7 Å². The number of rotatable bonds is 7. The highest BCUT2D eigenvalue weighted by molar-refractivity contribution is 5.28. The summed E-state index contributed by atoms with van der Waals surface area (Å²) < 4.78 is 0. The molecule has 2 fully saturated rings. The summed E-state index contributed by atoms with van der Waals surface area (Å²) in [5.41, 5.74) is 4.01. The molecule has 104 valence electrons. The Morgan fingerprint density at radius 3 is 2.11 bits per heavy atom. The van der Waals surface area contributed by atoms with Crippen molar-refractivity contribution in [1.29, 1.82) is 0 Å². The molecule has 1 aromatic heterocycles. The van der Waals surface area contributed by atoms with Crippen molar-refractivity contribution in [3.63, 3.8) is 0 Å². The number of hydrogen-bond acceptors (Lipinski definition) is 3. The molecule has 0 aliphatic heterocycles. The van der Waals surface area contributed by atoms with Crippen LogP contribution >= 0.6 is 0 Å². The van der Waals surface area contributed by atoms with E-state index in [2.05, 4.69) is 19.2 Å². The van der Waals surface area contributed by atoms with Gasteiger partial charge in [-0.05, 0) is 57.1 Å². The largest absolute Gasteiger partial charge is 0.314 e. The van der Waals surface area contributed by atoms with Crippen LogP contribution in [0.2, 0.25) is 0 Å². The highest BCUT2D eigenvalue weighted by atomic mass is 14.9. The number of nitrogens with one attached hydrogen (secondary N) is 1. The molecule has 1 heterocycles. The van der Waals surface area contributed by atoms with Crippen LogP contribution in [-0.2, 0) is 19.3 Å². The van der Waals surface area contributed by atoms with Crippen molar-refractivity contribution >= 4 is 0 Å². The van der Waals surface area contributed by atoms with Gasteiger partial charge < -0.3 is 5.32 Å². The van der Waals surface area contributed by atoms with Crippen molar-refractivity contribution < 1.29 is 0 Å². The first-order valence-electron chi connectivity index (χ1n) is 7.93. The Morgan fingerprint density at radius 1 is 1.00 bits per heavy atom. The van der Waals surface area contributed by atoms with Gasteiger partial charge >= 0.3 is 0 Å². The molecule has 0 spiro atoms. The minimum absolute atomic E-state index is 0.661. The van der Waals surface area contributed by atoms with Crippen molar-refractivity contribution in [3.05, 3.63) is 22.8 Å². The van der Waals surface area contributed by atoms with E-state index in [9.17, 15) is 0 Å². The molecule has 3 rings (SSSR count). The Labute approximate surface area is 116 Å². The summed E-state index contributed by atoms with van der Waals surface area (Å²) in [7, 11) is 0. The molecule has 0 saturated heterocycles. The van der Waals surface area contributed by atoms with Gasteiger partial charge in [-0.2, -0.15) is 0 Å². The maximum absolute atomic E-state index is 4.84. The van der Waals surface area contributed by atoms with Crippen molar-refractivity contribution in [2.24, 2.45) is 0 Å². The van der Waals surface area contributed by atoms with E-state index >= 15 is 0 Å². The second-order valence-corrected chi connectivity index (χ2v) is 5.91. The van der Waals surface area contributed by atoms with Crippen LogP contribution in [0.25, 0.3) is 0 Å². The molecule has 2 aliphatic carbocycles.